The fourth-order valence-corrected chi connectivity index (χ4v) is 5.17. The van der Waals surface area contributed by atoms with Gasteiger partial charge in [-0.05, 0) is 49.4 Å². The Morgan fingerprint density at radius 1 is 1.13 bits per heavy atom. The second kappa shape index (κ2) is 9.44. The molecule has 3 aromatic rings. The maximum atomic E-state index is 12.5. The highest BCUT2D eigenvalue weighted by molar-refractivity contribution is 7.91. The number of esters is 1. The van der Waals surface area contributed by atoms with Gasteiger partial charge in [-0.3, -0.25) is 4.79 Å². The third kappa shape index (κ3) is 5.20. The number of aromatic nitrogens is 1. The van der Waals surface area contributed by atoms with E-state index in [-0.39, 0.29) is 23.7 Å². The van der Waals surface area contributed by atoms with Gasteiger partial charge < -0.3 is 14.0 Å². The van der Waals surface area contributed by atoms with Crippen LogP contribution in [0.5, 0.6) is 5.75 Å². The van der Waals surface area contributed by atoms with E-state index in [1.807, 2.05) is 0 Å². The van der Waals surface area contributed by atoms with Crippen LogP contribution in [0.15, 0.2) is 52.4 Å². The van der Waals surface area contributed by atoms with E-state index in [0.29, 0.717) is 16.1 Å². The van der Waals surface area contributed by atoms with Crippen molar-refractivity contribution in [2.45, 2.75) is 18.2 Å². The Morgan fingerprint density at radius 3 is 2.48 bits per heavy atom. The first-order valence-corrected chi connectivity index (χ1v) is 11.9. The number of rotatable bonds is 7. The van der Waals surface area contributed by atoms with Crippen molar-refractivity contribution in [2.75, 3.05) is 19.5 Å². The molecular formula is C21H22N2O6S2. The molecule has 0 saturated carbocycles. The maximum absolute atomic E-state index is 12.5. The number of hydrogen-bond acceptors (Lipinski definition) is 7. The number of amides is 1. The smallest absolute Gasteiger partial charge is 0.338 e. The monoisotopic (exact) mass is 462 g/mol. The summed E-state index contributed by atoms with van der Waals surface area (Å²) in [5.41, 5.74) is 1.22. The van der Waals surface area contributed by atoms with Crippen molar-refractivity contribution >= 4 is 43.3 Å². The Kier molecular flexibility index (Phi) is 6.91. The normalized spacial score (nSPS) is 12.2. The Bertz CT molecular complexity index is 1290. The molecule has 0 spiro atoms. The number of carbonyl (C=O) groups excluding carboxylic acids is 2. The minimum atomic E-state index is -3.62. The van der Waals surface area contributed by atoms with Gasteiger partial charge in [0, 0.05) is 13.5 Å². The highest BCUT2D eigenvalue weighted by Crippen LogP contribution is 2.20. The average molecular weight is 463 g/mol. The van der Waals surface area contributed by atoms with E-state index in [0.717, 1.165) is 10.2 Å². The van der Waals surface area contributed by atoms with E-state index in [9.17, 15) is 18.0 Å². The Hall–Kier alpha value is -2.98. The van der Waals surface area contributed by atoms with Gasteiger partial charge in [0.15, 0.2) is 14.6 Å². The van der Waals surface area contributed by atoms with Crippen LogP contribution >= 0.6 is 11.3 Å². The predicted octanol–water partition coefficient (Wildman–Crippen LogP) is 2.72. The molecule has 0 atom stereocenters. The van der Waals surface area contributed by atoms with Crippen LogP contribution in [0, 0.1) is 0 Å². The minimum absolute atomic E-state index is 0.125. The molecule has 1 amide bonds. The maximum Gasteiger partial charge on any atom is 0.338 e. The van der Waals surface area contributed by atoms with E-state index in [4.69, 9.17) is 9.47 Å². The summed E-state index contributed by atoms with van der Waals surface area (Å²) in [6, 6.07) is 11.1. The van der Waals surface area contributed by atoms with Crippen LogP contribution in [-0.4, -0.2) is 44.3 Å². The molecular weight excluding hydrogens is 440 g/mol. The van der Waals surface area contributed by atoms with E-state index in [1.165, 1.54) is 30.6 Å². The minimum Gasteiger partial charge on any atom is -0.497 e. The number of aryl methyl sites for hydroxylation is 1. The lowest BCUT2D eigenvalue weighted by Crippen LogP contribution is -2.16. The molecule has 0 radical (unpaired) electrons. The fourth-order valence-electron chi connectivity index (χ4n) is 2.87. The number of ether oxygens (including phenoxy) is 2. The Balaban J connectivity index is 1.78. The molecule has 31 heavy (non-hydrogen) atoms. The van der Waals surface area contributed by atoms with Crippen LogP contribution in [0.4, 0.5) is 0 Å². The number of hydrogen-bond donors (Lipinski definition) is 0. The fraction of sp³-hybridized carbons (Fsp3) is 0.286. The third-order valence-electron chi connectivity index (χ3n) is 4.54. The van der Waals surface area contributed by atoms with Gasteiger partial charge in [0.25, 0.3) is 0 Å². The number of sulfone groups is 1. The van der Waals surface area contributed by atoms with Crippen molar-refractivity contribution in [3.05, 3.63) is 52.8 Å². The van der Waals surface area contributed by atoms with Gasteiger partial charge in [-0.25, -0.2) is 13.2 Å². The summed E-state index contributed by atoms with van der Waals surface area (Å²) < 4.78 is 37.5. The van der Waals surface area contributed by atoms with E-state index in [2.05, 4.69) is 4.99 Å². The van der Waals surface area contributed by atoms with Gasteiger partial charge >= 0.3 is 5.97 Å². The molecule has 0 fully saturated rings. The van der Waals surface area contributed by atoms with Crippen molar-refractivity contribution in [1.29, 1.82) is 0 Å². The molecule has 0 aliphatic rings. The summed E-state index contributed by atoms with van der Waals surface area (Å²) >= 11 is 1.24. The lowest BCUT2D eigenvalue weighted by Gasteiger charge is -2.04. The van der Waals surface area contributed by atoms with E-state index in [1.54, 1.807) is 48.9 Å². The van der Waals surface area contributed by atoms with Gasteiger partial charge in [-0.15, -0.1) is 0 Å². The number of benzene rings is 2. The number of nitrogens with zero attached hydrogens (tertiary/aromatic N) is 2. The zero-order chi connectivity index (χ0) is 22.6. The topological polar surface area (TPSA) is 104 Å². The molecule has 0 bridgehead atoms. The van der Waals surface area contributed by atoms with Gasteiger partial charge in [-0.1, -0.05) is 11.3 Å². The second-order valence-electron chi connectivity index (χ2n) is 6.60. The quantitative estimate of drug-likeness (QED) is 0.500. The van der Waals surface area contributed by atoms with Crippen LogP contribution in [0.25, 0.3) is 10.2 Å². The molecule has 0 saturated heterocycles. The SMILES string of the molecule is CCOC(=O)c1ccc2c(c1)sc(=NC(=O)CCS(=O)(=O)c1ccc(OC)cc1)n2C. The number of fused-ring (bicyclic) bond motifs is 1. The molecule has 0 aliphatic carbocycles. The number of carbonyl (C=O) groups is 2. The number of methoxy groups -OCH3 is 1. The van der Waals surface area contributed by atoms with Crippen molar-refractivity contribution in [3.63, 3.8) is 0 Å². The lowest BCUT2D eigenvalue weighted by atomic mass is 10.2. The third-order valence-corrected chi connectivity index (χ3v) is 7.37. The summed E-state index contributed by atoms with van der Waals surface area (Å²) in [6.45, 7) is 2.02. The zero-order valence-electron chi connectivity index (χ0n) is 17.3. The molecule has 0 unspecified atom stereocenters. The van der Waals surface area contributed by atoms with Crippen molar-refractivity contribution < 1.29 is 27.5 Å². The molecule has 8 nitrogen and oxygen atoms in total. The molecule has 0 aliphatic heterocycles. The van der Waals surface area contributed by atoms with Gasteiger partial charge in [0.2, 0.25) is 5.91 Å². The summed E-state index contributed by atoms with van der Waals surface area (Å²) in [7, 11) is -0.371. The first-order chi connectivity index (χ1) is 14.7. The first-order valence-electron chi connectivity index (χ1n) is 9.46. The van der Waals surface area contributed by atoms with Crippen LogP contribution in [-0.2, 0) is 26.4 Å². The van der Waals surface area contributed by atoms with Crippen LogP contribution in [0.2, 0.25) is 0 Å². The van der Waals surface area contributed by atoms with E-state index < -0.39 is 21.7 Å². The second-order valence-corrected chi connectivity index (χ2v) is 9.71. The van der Waals surface area contributed by atoms with Crippen molar-refractivity contribution in [2.24, 2.45) is 12.0 Å². The van der Waals surface area contributed by atoms with Crippen molar-refractivity contribution in [3.8, 4) is 5.75 Å². The molecule has 1 heterocycles. The summed E-state index contributed by atoms with van der Waals surface area (Å²) in [5.74, 6) is -0.750. The Morgan fingerprint density at radius 2 is 1.84 bits per heavy atom. The predicted molar refractivity (Wildman–Crippen MR) is 117 cm³/mol. The number of thiazole rings is 1. The zero-order valence-corrected chi connectivity index (χ0v) is 19.0. The average Bonchev–Trinajstić information content (AvgIpc) is 3.07. The highest BCUT2D eigenvalue weighted by atomic mass is 32.2. The molecule has 10 heteroatoms. The summed E-state index contributed by atoms with van der Waals surface area (Å²) in [5, 5.41) is 0. The summed E-state index contributed by atoms with van der Waals surface area (Å²) in [6.07, 6.45) is -0.239. The van der Waals surface area contributed by atoms with E-state index >= 15 is 0 Å². The van der Waals surface area contributed by atoms with Gasteiger partial charge in [-0.2, -0.15) is 4.99 Å². The molecule has 164 valence electrons. The lowest BCUT2D eigenvalue weighted by molar-refractivity contribution is -0.117. The van der Waals surface area contributed by atoms with Crippen molar-refractivity contribution in [1.82, 2.24) is 4.57 Å². The molecule has 3 rings (SSSR count). The van der Waals surface area contributed by atoms with Gasteiger partial charge in [0.1, 0.15) is 5.75 Å². The van der Waals surface area contributed by atoms with Crippen LogP contribution in [0.1, 0.15) is 23.7 Å². The molecule has 0 N–H and O–H groups in total. The molecule has 2 aromatic carbocycles. The molecule has 1 aromatic heterocycles. The standard InChI is InChI=1S/C21H22N2O6S2/c1-4-29-20(25)14-5-10-17-18(13-14)30-21(23(17)2)22-19(24)11-12-31(26,27)16-8-6-15(28-3)7-9-16/h5-10,13H,4,11-12H2,1-3H3. The highest BCUT2D eigenvalue weighted by Gasteiger charge is 2.17. The van der Waals surface area contributed by atoms with Crippen LogP contribution < -0.4 is 9.54 Å². The largest absolute Gasteiger partial charge is 0.497 e. The Labute approximate surface area is 183 Å². The van der Waals surface area contributed by atoms with Crippen LogP contribution in [0.3, 0.4) is 0 Å². The first kappa shape index (κ1) is 22.7. The van der Waals surface area contributed by atoms with Gasteiger partial charge in [0.05, 0.1) is 40.1 Å². The summed E-state index contributed by atoms with van der Waals surface area (Å²) in [4.78, 5) is 28.9.